The Bertz CT molecular complexity index is 738. The van der Waals surface area contributed by atoms with Gasteiger partial charge in [-0.1, -0.05) is 12.1 Å². The van der Waals surface area contributed by atoms with Crippen LogP contribution in [0, 0.1) is 10.1 Å². The fourth-order valence-electron chi connectivity index (χ4n) is 2.41. The number of ether oxygens (including phenoxy) is 1. The molecule has 0 aliphatic carbocycles. The zero-order chi connectivity index (χ0) is 19.1. The molecule has 2 aromatic rings. The first-order chi connectivity index (χ1) is 12.4. The summed E-state index contributed by atoms with van der Waals surface area (Å²) in [6.07, 6.45) is -0.658. The van der Waals surface area contributed by atoms with E-state index in [0.29, 0.717) is 18.9 Å². The van der Waals surface area contributed by atoms with Gasteiger partial charge in [-0.3, -0.25) is 10.1 Å². The van der Waals surface area contributed by atoms with E-state index in [9.17, 15) is 15.2 Å². The topological polar surface area (TPSA) is 136 Å². The fourth-order valence-corrected chi connectivity index (χ4v) is 2.41. The van der Waals surface area contributed by atoms with Gasteiger partial charge in [-0.05, 0) is 30.7 Å². The number of methoxy groups -OCH3 is 1. The van der Waals surface area contributed by atoms with Crippen molar-refractivity contribution in [2.24, 2.45) is 0 Å². The van der Waals surface area contributed by atoms with Gasteiger partial charge < -0.3 is 26.2 Å². The number of aliphatic hydroxyl groups excluding tert-OH is 1. The molecule has 5 N–H and O–H groups in total. The highest BCUT2D eigenvalue weighted by atomic mass is 16.6. The number of benzene rings is 1. The summed E-state index contributed by atoms with van der Waals surface area (Å²) in [5.41, 5.74) is 6.13. The van der Waals surface area contributed by atoms with E-state index in [2.05, 4.69) is 15.6 Å². The van der Waals surface area contributed by atoms with Gasteiger partial charge >= 0.3 is 5.69 Å². The van der Waals surface area contributed by atoms with E-state index in [4.69, 9.17) is 10.5 Å². The zero-order valence-corrected chi connectivity index (χ0v) is 14.7. The summed E-state index contributed by atoms with van der Waals surface area (Å²) >= 11 is 0. The molecule has 26 heavy (non-hydrogen) atoms. The molecule has 0 bridgehead atoms. The van der Waals surface area contributed by atoms with Crippen LogP contribution in [0.15, 0.2) is 36.4 Å². The first-order valence-corrected chi connectivity index (χ1v) is 8.12. The number of nitrogen functional groups attached to an aromatic ring is 1. The molecule has 9 heteroatoms. The average molecular weight is 361 g/mol. The molecule has 140 valence electrons. The van der Waals surface area contributed by atoms with Crippen LogP contribution in [0.25, 0.3) is 0 Å². The van der Waals surface area contributed by atoms with E-state index in [-0.39, 0.29) is 17.5 Å². The van der Waals surface area contributed by atoms with Crippen molar-refractivity contribution in [2.45, 2.75) is 19.1 Å². The number of hydrogen-bond donors (Lipinski definition) is 4. The second kappa shape index (κ2) is 8.97. The molecule has 1 aromatic heterocycles. The Morgan fingerprint density at radius 2 is 1.96 bits per heavy atom. The molecule has 0 aliphatic heterocycles. The zero-order valence-electron chi connectivity index (χ0n) is 14.7. The minimum Gasteiger partial charge on any atom is -0.497 e. The van der Waals surface area contributed by atoms with Crippen LogP contribution in [-0.4, -0.2) is 41.3 Å². The Morgan fingerprint density at radius 3 is 2.54 bits per heavy atom. The molecule has 2 atom stereocenters. The number of aliphatic hydroxyl groups is 1. The maximum absolute atomic E-state index is 10.7. The van der Waals surface area contributed by atoms with E-state index in [1.165, 1.54) is 12.1 Å². The van der Waals surface area contributed by atoms with Crippen LogP contribution in [0.3, 0.4) is 0 Å². The lowest BCUT2D eigenvalue weighted by Gasteiger charge is -2.21. The SMILES string of the molecule is COc1ccc(C(O)C(C)NCCNc2ccc([N+](=O)[O-])c(N)n2)cc1. The number of nitrogens with zero attached hydrogens (tertiary/aromatic N) is 2. The minimum atomic E-state index is -0.658. The number of nitrogens with one attached hydrogen (secondary N) is 2. The van der Waals surface area contributed by atoms with Crippen molar-refractivity contribution in [1.82, 2.24) is 10.3 Å². The number of hydrogen-bond acceptors (Lipinski definition) is 8. The van der Waals surface area contributed by atoms with Gasteiger partial charge in [-0.15, -0.1) is 0 Å². The molecule has 0 fully saturated rings. The minimum absolute atomic E-state index is 0.128. The average Bonchev–Trinajstić information content (AvgIpc) is 2.64. The molecule has 0 spiro atoms. The Morgan fingerprint density at radius 1 is 1.27 bits per heavy atom. The first kappa shape index (κ1) is 19.4. The van der Waals surface area contributed by atoms with Crippen LogP contribution in [0.1, 0.15) is 18.6 Å². The van der Waals surface area contributed by atoms with Crippen LogP contribution < -0.4 is 21.1 Å². The van der Waals surface area contributed by atoms with Gasteiger partial charge in [0.25, 0.3) is 0 Å². The van der Waals surface area contributed by atoms with Crippen LogP contribution >= 0.6 is 0 Å². The van der Waals surface area contributed by atoms with Crippen molar-refractivity contribution in [2.75, 3.05) is 31.2 Å². The number of anilines is 2. The Kier molecular flexibility index (Phi) is 6.70. The molecule has 2 rings (SSSR count). The van der Waals surface area contributed by atoms with Crippen LogP contribution in [0.5, 0.6) is 5.75 Å². The third-order valence-corrected chi connectivity index (χ3v) is 3.93. The maximum atomic E-state index is 10.7. The van der Waals surface area contributed by atoms with E-state index in [1.807, 2.05) is 19.1 Å². The van der Waals surface area contributed by atoms with Crippen LogP contribution in [0.2, 0.25) is 0 Å². The van der Waals surface area contributed by atoms with E-state index in [0.717, 1.165) is 11.3 Å². The van der Waals surface area contributed by atoms with Crippen molar-refractivity contribution in [3.05, 3.63) is 52.1 Å². The smallest absolute Gasteiger partial charge is 0.311 e. The normalized spacial score (nSPS) is 13.0. The molecule has 0 saturated carbocycles. The molecule has 0 amide bonds. The third kappa shape index (κ3) is 5.04. The summed E-state index contributed by atoms with van der Waals surface area (Å²) in [6, 6.07) is 9.90. The molecular formula is C17H23N5O4. The number of nitro groups is 1. The van der Waals surface area contributed by atoms with Gasteiger partial charge in [0.2, 0.25) is 5.82 Å². The molecular weight excluding hydrogens is 338 g/mol. The highest BCUT2D eigenvalue weighted by molar-refractivity contribution is 5.57. The summed E-state index contributed by atoms with van der Waals surface area (Å²) in [5.74, 6) is 1.06. The fraction of sp³-hybridized carbons (Fsp3) is 0.353. The van der Waals surface area contributed by atoms with E-state index >= 15 is 0 Å². The Balaban J connectivity index is 1.79. The van der Waals surface area contributed by atoms with Gasteiger partial charge in [-0.25, -0.2) is 4.98 Å². The number of pyridine rings is 1. The monoisotopic (exact) mass is 361 g/mol. The number of aromatic nitrogens is 1. The molecule has 0 saturated heterocycles. The lowest BCUT2D eigenvalue weighted by molar-refractivity contribution is -0.384. The summed E-state index contributed by atoms with van der Waals surface area (Å²) in [4.78, 5) is 14.1. The summed E-state index contributed by atoms with van der Waals surface area (Å²) in [5, 5.41) is 27.3. The second-order valence-corrected chi connectivity index (χ2v) is 5.75. The molecule has 1 heterocycles. The van der Waals surface area contributed by atoms with E-state index in [1.54, 1.807) is 19.2 Å². The summed E-state index contributed by atoms with van der Waals surface area (Å²) in [6.45, 7) is 2.97. The van der Waals surface area contributed by atoms with Crippen molar-refractivity contribution in [1.29, 1.82) is 0 Å². The van der Waals surface area contributed by atoms with Gasteiger partial charge in [-0.2, -0.15) is 0 Å². The van der Waals surface area contributed by atoms with Crippen LogP contribution in [-0.2, 0) is 0 Å². The molecule has 2 unspecified atom stereocenters. The quantitative estimate of drug-likeness (QED) is 0.301. The number of rotatable bonds is 9. The van der Waals surface area contributed by atoms with Crippen molar-refractivity contribution < 1.29 is 14.8 Å². The first-order valence-electron chi connectivity index (χ1n) is 8.12. The molecule has 0 aliphatic rings. The largest absolute Gasteiger partial charge is 0.497 e. The highest BCUT2D eigenvalue weighted by Gasteiger charge is 2.16. The molecule has 1 aromatic carbocycles. The maximum Gasteiger partial charge on any atom is 0.311 e. The standard InChI is InChI=1S/C17H23N5O4/c1-11(16(23)12-3-5-13(26-2)6-4-12)19-9-10-20-15-8-7-14(22(24)25)17(18)21-15/h3-8,11,16,19,23H,9-10H2,1-2H3,(H3,18,20,21). The van der Waals surface area contributed by atoms with Gasteiger partial charge in [0.05, 0.1) is 18.1 Å². The van der Waals surface area contributed by atoms with E-state index < -0.39 is 11.0 Å². The van der Waals surface area contributed by atoms with Gasteiger partial charge in [0.15, 0.2) is 0 Å². The van der Waals surface area contributed by atoms with Gasteiger partial charge in [0, 0.05) is 25.2 Å². The molecule has 9 nitrogen and oxygen atoms in total. The summed E-state index contributed by atoms with van der Waals surface area (Å²) in [7, 11) is 1.59. The predicted molar refractivity (Wildman–Crippen MR) is 99.2 cm³/mol. The van der Waals surface area contributed by atoms with Crippen molar-refractivity contribution >= 4 is 17.3 Å². The summed E-state index contributed by atoms with van der Waals surface area (Å²) < 4.78 is 5.10. The number of nitrogens with two attached hydrogens (primary N) is 1. The van der Waals surface area contributed by atoms with Crippen molar-refractivity contribution in [3.8, 4) is 5.75 Å². The predicted octanol–water partition coefficient (Wildman–Crippen LogP) is 1.70. The van der Waals surface area contributed by atoms with Gasteiger partial charge in [0.1, 0.15) is 11.6 Å². The van der Waals surface area contributed by atoms with Crippen LogP contribution in [0.4, 0.5) is 17.3 Å². The highest BCUT2D eigenvalue weighted by Crippen LogP contribution is 2.21. The van der Waals surface area contributed by atoms with Crippen molar-refractivity contribution in [3.63, 3.8) is 0 Å². The Labute approximate surface area is 151 Å². The third-order valence-electron chi connectivity index (χ3n) is 3.93. The molecule has 0 radical (unpaired) electrons. The lowest BCUT2D eigenvalue weighted by atomic mass is 10.0. The lowest BCUT2D eigenvalue weighted by Crippen LogP contribution is -2.35. The second-order valence-electron chi connectivity index (χ2n) is 5.75. The Hall–Kier alpha value is -2.91.